The second kappa shape index (κ2) is 9.56. The average molecular weight is 366 g/mol. The molecule has 2 rings (SSSR count). The van der Waals surface area contributed by atoms with Crippen LogP contribution in [0.2, 0.25) is 0 Å². The Kier molecular flexibility index (Phi) is 7.43. The Morgan fingerprint density at radius 1 is 1.32 bits per heavy atom. The number of hydrogen-bond acceptors (Lipinski definition) is 4. The molecule has 0 saturated heterocycles. The number of carboxylic acids is 1. The molecule has 1 aliphatic rings. The Labute approximate surface area is 152 Å². The second-order valence-corrected chi connectivity index (χ2v) is 7.39. The van der Waals surface area contributed by atoms with Gasteiger partial charge in [-0.25, -0.2) is 0 Å². The first kappa shape index (κ1) is 19.4. The van der Waals surface area contributed by atoms with Crippen LogP contribution in [-0.4, -0.2) is 40.4 Å². The van der Waals surface area contributed by atoms with Crippen LogP contribution in [-0.2, 0) is 27.3 Å². The van der Waals surface area contributed by atoms with Crippen molar-refractivity contribution in [3.05, 3.63) is 21.9 Å². The van der Waals surface area contributed by atoms with Gasteiger partial charge in [-0.3, -0.25) is 14.4 Å². The lowest BCUT2D eigenvalue weighted by Crippen LogP contribution is -2.49. The molecule has 6 nitrogen and oxygen atoms in total. The number of nitrogens with one attached hydrogen (secondary N) is 1. The number of hydrogen-bond donors (Lipinski definition) is 2. The summed E-state index contributed by atoms with van der Waals surface area (Å²) in [6.07, 6.45) is 3.63. The molecular weight excluding hydrogens is 340 g/mol. The number of rotatable bonds is 9. The van der Waals surface area contributed by atoms with Gasteiger partial charge in [0.2, 0.25) is 11.8 Å². The summed E-state index contributed by atoms with van der Waals surface area (Å²) in [5.74, 6) is -1.04. The maximum Gasteiger partial charge on any atom is 0.303 e. The smallest absolute Gasteiger partial charge is 0.303 e. The Hall–Kier alpha value is -1.89. The van der Waals surface area contributed by atoms with Crippen molar-refractivity contribution in [2.75, 3.05) is 6.54 Å². The first-order chi connectivity index (χ1) is 12.0. The van der Waals surface area contributed by atoms with E-state index in [1.54, 1.807) is 11.3 Å². The van der Waals surface area contributed by atoms with E-state index < -0.39 is 12.0 Å². The van der Waals surface area contributed by atoms with Gasteiger partial charge >= 0.3 is 5.97 Å². The summed E-state index contributed by atoms with van der Waals surface area (Å²) in [6.45, 7) is 3.31. The van der Waals surface area contributed by atoms with Crippen LogP contribution in [0.1, 0.15) is 55.9 Å². The van der Waals surface area contributed by atoms with Gasteiger partial charge in [0.1, 0.15) is 6.04 Å². The number of nitrogens with zero attached hydrogens (tertiary/aromatic N) is 1. The van der Waals surface area contributed by atoms with Crippen molar-refractivity contribution in [1.82, 2.24) is 10.2 Å². The van der Waals surface area contributed by atoms with Crippen LogP contribution in [0, 0.1) is 0 Å². The summed E-state index contributed by atoms with van der Waals surface area (Å²) < 4.78 is 0. The summed E-state index contributed by atoms with van der Waals surface area (Å²) in [5, 5.41) is 13.5. The number of carboxylic acid groups (broad SMARTS) is 1. The molecule has 25 heavy (non-hydrogen) atoms. The van der Waals surface area contributed by atoms with E-state index >= 15 is 0 Å². The van der Waals surface area contributed by atoms with E-state index in [4.69, 9.17) is 5.11 Å². The lowest BCUT2D eigenvalue weighted by Gasteiger charge is -2.31. The predicted molar refractivity (Wildman–Crippen MR) is 96.4 cm³/mol. The molecule has 2 amide bonds. The van der Waals surface area contributed by atoms with E-state index in [1.807, 2.05) is 11.8 Å². The Balaban J connectivity index is 1.85. The second-order valence-electron chi connectivity index (χ2n) is 6.39. The highest BCUT2D eigenvalue weighted by molar-refractivity contribution is 7.10. The molecule has 7 heteroatoms. The standard InChI is InChI=1S/C18H26N2O4S/c1-2-5-14(19-16(21)6-3-4-7-17(22)23)18(24)20-10-8-15-13(12-20)9-11-25-15/h9,11,14H,2-8,10,12H2,1H3,(H,19,21)(H,22,23). The normalized spacial score (nSPS) is 14.7. The third kappa shape index (κ3) is 5.85. The molecule has 1 unspecified atom stereocenters. The maximum absolute atomic E-state index is 12.8. The number of carbonyl (C=O) groups is 3. The number of amides is 2. The Morgan fingerprint density at radius 2 is 2.08 bits per heavy atom. The molecule has 0 aliphatic carbocycles. The number of fused-ring (bicyclic) bond motifs is 1. The van der Waals surface area contributed by atoms with Crippen molar-refractivity contribution in [3.8, 4) is 0 Å². The fourth-order valence-electron chi connectivity index (χ4n) is 3.03. The quantitative estimate of drug-likeness (QED) is 0.658. The van der Waals surface area contributed by atoms with Gasteiger partial charge in [-0.1, -0.05) is 13.3 Å². The molecule has 2 heterocycles. The van der Waals surface area contributed by atoms with Crippen LogP contribution in [0.4, 0.5) is 0 Å². The molecule has 1 atom stereocenters. The summed E-state index contributed by atoms with van der Waals surface area (Å²) in [7, 11) is 0. The van der Waals surface area contributed by atoms with E-state index in [2.05, 4.69) is 16.8 Å². The van der Waals surface area contributed by atoms with Gasteiger partial charge in [0, 0.05) is 30.8 Å². The molecule has 0 spiro atoms. The molecular formula is C18H26N2O4S. The summed E-state index contributed by atoms with van der Waals surface area (Å²) in [4.78, 5) is 38.6. The van der Waals surface area contributed by atoms with Crippen LogP contribution < -0.4 is 5.32 Å². The lowest BCUT2D eigenvalue weighted by atomic mass is 10.1. The Morgan fingerprint density at radius 3 is 2.80 bits per heavy atom. The predicted octanol–water partition coefficient (Wildman–Crippen LogP) is 2.56. The van der Waals surface area contributed by atoms with Gasteiger partial charge in [-0.2, -0.15) is 0 Å². The van der Waals surface area contributed by atoms with Crippen molar-refractivity contribution in [2.45, 2.75) is 64.5 Å². The van der Waals surface area contributed by atoms with Crippen LogP contribution in [0.5, 0.6) is 0 Å². The van der Waals surface area contributed by atoms with Crippen LogP contribution in [0.15, 0.2) is 11.4 Å². The lowest BCUT2D eigenvalue weighted by molar-refractivity contribution is -0.137. The zero-order valence-electron chi connectivity index (χ0n) is 14.6. The van der Waals surface area contributed by atoms with Crippen LogP contribution in [0.25, 0.3) is 0 Å². The van der Waals surface area contributed by atoms with Gasteiger partial charge in [-0.15, -0.1) is 11.3 Å². The van der Waals surface area contributed by atoms with Gasteiger partial charge < -0.3 is 15.3 Å². The van der Waals surface area contributed by atoms with Gasteiger partial charge in [0.25, 0.3) is 0 Å². The maximum atomic E-state index is 12.8. The largest absolute Gasteiger partial charge is 0.481 e. The van der Waals surface area contributed by atoms with Crippen molar-refractivity contribution >= 4 is 29.1 Å². The minimum atomic E-state index is -0.850. The number of thiophene rings is 1. The topological polar surface area (TPSA) is 86.7 Å². The molecule has 0 saturated carbocycles. The highest BCUT2D eigenvalue weighted by Gasteiger charge is 2.28. The van der Waals surface area contributed by atoms with E-state index in [-0.39, 0.29) is 24.7 Å². The van der Waals surface area contributed by atoms with E-state index in [9.17, 15) is 14.4 Å². The summed E-state index contributed by atoms with van der Waals surface area (Å²) in [6, 6.07) is 1.58. The number of carbonyl (C=O) groups excluding carboxylic acids is 2. The number of unbranched alkanes of at least 4 members (excludes halogenated alkanes) is 1. The molecule has 0 aromatic carbocycles. The van der Waals surface area contributed by atoms with E-state index in [0.717, 1.165) is 12.8 Å². The van der Waals surface area contributed by atoms with Gasteiger partial charge in [0.15, 0.2) is 0 Å². The summed E-state index contributed by atoms with van der Waals surface area (Å²) >= 11 is 1.73. The van der Waals surface area contributed by atoms with E-state index in [1.165, 1.54) is 10.4 Å². The zero-order chi connectivity index (χ0) is 18.2. The summed E-state index contributed by atoms with van der Waals surface area (Å²) in [5.41, 5.74) is 1.21. The molecule has 1 aliphatic heterocycles. The third-order valence-corrected chi connectivity index (χ3v) is 5.40. The monoisotopic (exact) mass is 366 g/mol. The fourth-order valence-corrected chi connectivity index (χ4v) is 3.92. The molecule has 1 aromatic rings. The Bertz CT molecular complexity index is 614. The number of aliphatic carboxylic acids is 1. The molecule has 1 aromatic heterocycles. The highest BCUT2D eigenvalue weighted by atomic mass is 32.1. The average Bonchev–Trinajstić information content (AvgIpc) is 3.05. The van der Waals surface area contributed by atoms with Gasteiger partial charge in [-0.05, 0) is 42.7 Å². The van der Waals surface area contributed by atoms with Gasteiger partial charge in [0.05, 0.1) is 0 Å². The highest BCUT2D eigenvalue weighted by Crippen LogP contribution is 2.24. The SMILES string of the molecule is CCCC(NC(=O)CCCCC(=O)O)C(=O)N1CCc2sccc2C1. The fraction of sp³-hybridized carbons (Fsp3) is 0.611. The third-order valence-electron chi connectivity index (χ3n) is 4.37. The van der Waals surface area contributed by atoms with Crippen LogP contribution in [0.3, 0.4) is 0 Å². The van der Waals surface area contributed by atoms with Crippen LogP contribution >= 0.6 is 11.3 Å². The van der Waals surface area contributed by atoms with Crippen molar-refractivity contribution in [1.29, 1.82) is 0 Å². The van der Waals surface area contributed by atoms with E-state index in [0.29, 0.717) is 32.4 Å². The van der Waals surface area contributed by atoms with Crippen molar-refractivity contribution in [3.63, 3.8) is 0 Å². The zero-order valence-corrected chi connectivity index (χ0v) is 15.4. The first-order valence-corrected chi connectivity index (χ1v) is 9.74. The molecule has 0 bridgehead atoms. The minimum absolute atomic E-state index is 0.0161. The minimum Gasteiger partial charge on any atom is -0.481 e. The van der Waals surface area contributed by atoms with Crippen molar-refractivity contribution < 1.29 is 19.5 Å². The van der Waals surface area contributed by atoms with Crippen molar-refractivity contribution in [2.24, 2.45) is 0 Å². The molecule has 2 N–H and O–H groups in total. The first-order valence-electron chi connectivity index (χ1n) is 8.86. The molecule has 138 valence electrons. The molecule has 0 fully saturated rings. The molecule has 0 radical (unpaired) electrons.